The first-order valence-electron chi connectivity index (χ1n) is 10.1. The summed E-state index contributed by atoms with van der Waals surface area (Å²) in [7, 11) is -3.23. The molecule has 156 valence electrons. The first-order valence-corrected chi connectivity index (χ1v) is 11.8. The second-order valence-electron chi connectivity index (χ2n) is 10.4. The Balaban J connectivity index is 2.98. The predicted molar refractivity (Wildman–Crippen MR) is 117 cm³/mol. The molecule has 0 bridgehead atoms. The molecule has 0 amide bonds. The van der Waals surface area contributed by atoms with Crippen molar-refractivity contribution in [2.75, 3.05) is 6.16 Å². The molecule has 1 rings (SSSR count). The van der Waals surface area contributed by atoms with Crippen molar-refractivity contribution in [2.24, 2.45) is 5.41 Å². The number of hydrogen-bond donors (Lipinski definition) is 0. The van der Waals surface area contributed by atoms with E-state index in [1.807, 2.05) is 54.5 Å². The lowest BCUT2D eigenvalue weighted by Gasteiger charge is -2.33. The van der Waals surface area contributed by atoms with E-state index in [4.69, 9.17) is 9.05 Å². The molecule has 0 aromatic heterocycles. The van der Waals surface area contributed by atoms with Crippen molar-refractivity contribution in [3.05, 3.63) is 34.9 Å². The third kappa shape index (κ3) is 8.94. The summed E-state index contributed by atoms with van der Waals surface area (Å²) in [6.45, 7) is 20.3. The van der Waals surface area contributed by atoms with E-state index >= 15 is 0 Å². The van der Waals surface area contributed by atoms with E-state index in [-0.39, 0.29) is 11.6 Å². The molecule has 0 fully saturated rings. The normalized spacial score (nSPS) is 19.9. The SMILES string of the molecule is CC(C=CC1=C(C)CCCC1(C)C)=CCP(=O)(OC(C)(C)C)OC(C)(C)C. The highest BCUT2D eigenvalue weighted by molar-refractivity contribution is 7.54. The fraction of sp³-hybridized carbons (Fsp3) is 0.739. The molecular formula is C23H41O3P. The summed E-state index contributed by atoms with van der Waals surface area (Å²) >= 11 is 0. The third-order valence-corrected chi connectivity index (χ3v) is 6.80. The quantitative estimate of drug-likeness (QED) is 0.339. The molecule has 3 nitrogen and oxygen atoms in total. The number of hydrogen-bond acceptors (Lipinski definition) is 3. The lowest BCUT2D eigenvalue weighted by molar-refractivity contribution is 0.0504. The van der Waals surface area contributed by atoms with Crippen LogP contribution in [0.5, 0.6) is 0 Å². The molecule has 0 aliphatic heterocycles. The fourth-order valence-corrected chi connectivity index (χ4v) is 5.84. The van der Waals surface area contributed by atoms with Crippen molar-refractivity contribution in [2.45, 2.75) is 99.7 Å². The van der Waals surface area contributed by atoms with Gasteiger partial charge >= 0.3 is 7.60 Å². The molecule has 0 aromatic carbocycles. The molecule has 0 saturated heterocycles. The Labute approximate surface area is 167 Å². The van der Waals surface area contributed by atoms with Gasteiger partial charge < -0.3 is 9.05 Å². The lowest BCUT2D eigenvalue weighted by atomic mass is 9.72. The summed E-state index contributed by atoms with van der Waals surface area (Å²) < 4.78 is 25.0. The number of allylic oxidation sites excluding steroid dienone is 6. The highest BCUT2D eigenvalue weighted by atomic mass is 31.2. The van der Waals surface area contributed by atoms with Gasteiger partial charge in [-0.25, -0.2) is 0 Å². The van der Waals surface area contributed by atoms with Gasteiger partial charge in [0.05, 0.1) is 17.4 Å². The summed E-state index contributed by atoms with van der Waals surface area (Å²) in [6, 6.07) is 0. The van der Waals surface area contributed by atoms with E-state index in [9.17, 15) is 4.57 Å². The van der Waals surface area contributed by atoms with Gasteiger partial charge in [0.25, 0.3) is 0 Å². The first kappa shape index (κ1) is 24.4. The average Bonchev–Trinajstić information content (AvgIpc) is 2.39. The topological polar surface area (TPSA) is 35.5 Å². The Kier molecular flexibility index (Phi) is 7.96. The Morgan fingerprint density at radius 3 is 2.07 bits per heavy atom. The van der Waals surface area contributed by atoms with Gasteiger partial charge in [0, 0.05) is 0 Å². The highest BCUT2D eigenvalue weighted by Crippen LogP contribution is 2.54. The van der Waals surface area contributed by atoms with Crippen LogP contribution in [0.4, 0.5) is 0 Å². The zero-order valence-corrected chi connectivity index (χ0v) is 20.1. The Hall–Kier alpha value is -0.630. The van der Waals surface area contributed by atoms with Gasteiger partial charge in [-0.15, -0.1) is 0 Å². The van der Waals surface area contributed by atoms with Crippen LogP contribution in [0, 0.1) is 5.41 Å². The number of rotatable bonds is 6. The maximum absolute atomic E-state index is 13.3. The summed E-state index contributed by atoms with van der Waals surface area (Å²) in [5.74, 6) is 0. The minimum atomic E-state index is -3.23. The molecule has 0 spiro atoms. The Morgan fingerprint density at radius 1 is 1.11 bits per heavy atom. The minimum absolute atomic E-state index is 0.221. The first-order chi connectivity index (χ1) is 12.0. The van der Waals surface area contributed by atoms with E-state index in [2.05, 4.69) is 32.9 Å². The van der Waals surface area contributed by atoms with Gasteiger partial charge in [0.2, 0.25) is 0 Å². The van der Waals surface area contributed by atoms with Crippen LogP contribution in [0.3, 0.4) is 0 Å². The molecule has 4 heteroatoms. The van der Waals surface area contributed by atoms with Crippen LogP contribution in [0.1, 0.15) is 88.5 Å². The van der Waals surface area contributed by atoms with Crippen molar-refractivity contribution < 1.29 is 13.6 Å². The van der Waals surface area contributed by atoms with Crippen LogP contribution in [0.15, 0.2) is 34.9 Å². The second kappa shape index (κ2) is 8.80. The minimum Gasteiger partial charge on any atom is -0.303 e. The molecule has 1 aliphatic carbocycles. The zero-order valence-electron chi connectivity index (χ0n) is 19.2. The highest BCUT2D eigenvalue weighted by Gasteiger charge is 2.34. The molecular weight excluding hydrogens is 355 g/mol. The summed E-state index contributed by atoms with van der Waals surface area (Å²) in [6.07, 6.45) is 10.3. The van der Waals surface area contributed by atoms with Crippen LogP contribution < -0.4 is 0 Å². The molecule has 0 heterocycles. The van der Waals surface area contributed by atoms with Gasteiger partial charge in [0.1, 0.15) is 0 Å². The second-order valence-corrected chi connectivity index (χ2v) is 12.4. The van der Waals surface area contributed by atoms with Crippen LogP contribution in [0.25, 0.3) is 0 Å². The third-order valence-electron chi connectivity index (χ3n) is 4.52. The lowest BCUT2D eigenvalue weighted by Crippen LogP contribution is -2.24. The average molecular weight is 397 g/mol. The van der Waals surface area contributed by atoms with Crippen molar-refractivity contribution in [1.82, 2.24) is 0 Å². The largest absolute Gasteiger partial charge is 0.335 e. The zero-order chi connectivity index (χ0) is 21.1. The van der Waals surface area contributed by atoms with E-state index < -0.39 is 18.8 Å². The molecule has 1 aliphatic rings. The van der Waals surface area contributed by atoms with Crippen LogP contribution >= 0.6 is 7.60 Å². The van der Waals surface area contributed by atoms with Crippen LogP contribution in [-0.4, -0.2) is 17.4 Å². The van der Waals surface area contributed by atoms with Crippen molar-refractivity contribution >= 4 is 7.60 Å². The maximum Gasteiger partial charge on any atom is 0.335 e. The fourth-order valence-electron chi connectivity index (χ4n) is 3.48. The van der Waals surface area contributed by atoms with Crippen molar-refractivity contribution in [3.8, 4) is 0 Å². The van der Waals surface area contributed by atoms with Gasteiger partial charge in [-0.1, -0.05) is 43.2 Å². The smallest absolute Gasteiger partial charge is 0.303 e. The van der Waals surface area contributed by atoms with Gasteiger partial charge in [-0.3, -0.25) is 4.57 Å². The molecule has 0 aromatic rings. The summed E-state index contributed by atoms with van der Waals surface area (Å²) in [5, 5.41) is 0. The van der Waals surface area contributed by atoms with Crippen molar-refractivity contribution in [3.63, 3.8) is 0 Å². The van der Waals surface area contributed by atoms with E-state index in [1.165, 1.54) is 30.4 Å². The Bertz CT molecular complexity index is 632. The molecule has 0 radical (unpaired) electrons. The molecule has 27 heavy (non-hydrogen) atoms. The monoisotopic (exact) mass is 396 g/mol. The summed E-state index contributed by atoms with van der Waals surface area (Å²) in [4.78, 5) is 0. The standard InChI is InChI=1S/C23H41O3P/c1-18(13-14-20-19(2)12-11-16-23(20,9)10)15-17-27(24,25-21(3,4)5)26-22(6,7)8/h13-15H,11-12,16-17H2,1-10H3. The Morgan fingerprint density at radius 2 is 1.63 bits per heavy atom. The van der Waals surface area contributed by atoms with E-state index in [0.717, 1.165) is 5.57 Å². The van der Waals surface area contributed by atoms with E-state index in [1.54, 1.807) is 0 Å². The van der Waals surface area contributed by atoms with Crippen LogP contribution in [-0.2, 0) is 13.6 Å². The van der Waals surface area contributed by atoms with E-state index in [0.29, 0.717) is 0 Å². The molecule has 0 saturated carbocycles. The molecule has 0 N–H and O–H groups in total. The van der Waals surface area contributed by atoms with Gasteiger partial charge in [-0.2, -0.15) is 0 Å². The maximum atomic E-state index is 13.3. The summed E-state index contributed by atoms with van der Waals surface area (Å²) in [5.41, 5.74) is 3.17. The van der Waals surface area contributed by atoms with Gasteiger partial charge in [0.15, 0.2) is 0 Å². The molecule has 0 atom stereocenters. The van der Waals surface area contributed by atoms with Crippen LogP contribution in [0.2, 0.25) is 0 Å². The molecule has 0 unspecified atom stereocenters. The van der Waals surface area contributed by atoms with Crippen molar-refractivity contribution in [1.29, 1.82) is 0 Å². The van der Waals surface area contributed by atoms with Gasteiger partial charge in [-0.05, 0) is 85.6 Å². The predicted octanol–water partition coefficient (Wildman–Crippen LogP) is 7.84.